The number of carbonyl (C=O) groups is 4. The van der Waals surface area contributed by atoms with Crippen LogP contribution in [-0.2, 0) is 68.8 Å². The molecule has 1 amide bonds. The fourth-order valence-corrected chi connectivity index (χ4v) is 19.2. The number of benzene rings is 4. The van der Waals surface area contributed by atoms with Crippen LogP contribution < -0.4 is 39.1 Å². The number of anilines is 1. The number of ether oxygens (including phenoxy) is 9. The molecule has 15 rings (SSSR count). The van der Waals surface area contributed by atoms with Gasteiger partial charge >= 0.3 is 29.6 Å². The molecule has 0 aliphatic heterocycles. The van der Waals surface area contributed by atoms with E-state index in [4.69, 9.17) is 49.7 Å². The summed E-state index contributed by atoms with van der Waals surface area (Å²) in [5, 5.41) is 21.8. The molecule has 28 heteroatoms. The predicted octanol–water partition coefficient (Wildman–Crippen LogP) is 20.4. The Morgan fingerprint density at radius 1 is 0.376 bits per heavy atom. The maximum Gasteiger partial charge on any atom is 0.412 e. The second kappa shape index (κ2) is 55.7. The van der Waals surface area contributed by atoms with Gasteiger partial charge in [-0.05, 0) is 320 Å². The highest BCUT2D eigenvalue weighted by Crippen LogP contribution is 2.41. The van der Waals surface area contributed by atoms with Crippen LogP contribution in [0.25, 0.3) is 0 Å². The molecule has 7 aliphatic rings. The maximum atomic E-state index is 12.7. The van der Waals surface area contributed by atoms with E-state index in [1.165, 1.54) is 79.8 Å². The van der Waals surface area contributed by atoms with E-state index in [1.807, 2.05) is 14.0 Å². The lowest BCUT2D eigenvalue weighted by Crippen LogP contribution is -2.42. The summed E-state index contributed by atoms with van der Waals surface area (Å²) >= 11 is 0. The third-order valence-corrected chi connectivity index (χ3v) is 29.7. The number of nitrogens with zero attached hydrogens (tertiary/aromatic N) is 5. The number of hydrogen-bond acceptors (Lipinski definition) is 23. The molecule has 4 aromatic heterocycles. The van der Waals surface area contributed by atoms with Crippen molar-refractivity contribution in [1.29, 1.82) is 0 Å². The Hall–Kier alpha value is -10.1. The third kappa shape index (κ3) is 37.6. The quantitative estimate of drug-likeness (QED) is 0.0293. The topological polar surface area (TPSA) is 359 Å². The minimum absolute atomic E-state index is 0.0648. The van der Waals surface area contributed by atoms with Gasteiger partial charge in [0.25, 0.3) is 16.7 Å². The van der Waals surface area contributed by atoms with Crippen molar-refractivity contribution in [2.24, 2.45) is 11.5 Å². The predicted molar refractivity (Wildman–Crippen MR) is 554 cm³/mol. The molecule has 0 spiro atoms. The first-order valence-corrected chi connectivity index (χ1v) is 50.3. The third-order valence-electron chi connectivity index (χ3n) is 29.7. The zero-order valence-corrected chi connectivity index (χ0v) is 87.3. The van der Waals surface area contributed by atoms with Gasteiger partial charge in [-0.25, -0.2) is 24.0 Å². The number of nitrogens with one attached hydrogen (secondary N) is 1. The lowest BCUT2D eigenvalue weighted by atomic mass is 9.82. The van der Waals surface area contributed by atoms with Crippen LogP contribution in [0, 0.1) is 0 Å². The van der Waals surface area contributed by atoms with Crippen LogP contribution >= 0.6 is 0 Å². The van der Waals surface area contributed by atoms with E-state index < -0.39 is 46.4 Å². The molecule has 0 bridgehead atoms. The molecule has 141 heavy (non-hydrogen) atoms. The smallest absolute Gasteiger partial charge is 0.412 e. The van der Waals surface area contributed by atoms with Gasteiger partial charge in [0, 0.05) is 130 Å². The van der Waals surface area contributed by atoms with Crippen molar-refractivity contribution in [3.8, 4) is 0 Å². The van der Waals surface area contributed by atoms with E-state index in [-0.39, 0.29) is 85.2 Å². The number of aromatic carboxylic acids is 1. The van der Waals surface area contributed by atoms with Gasteiger partial charge in [-0.2, -0.15) is 0 Å². The van der Waals surface area contributed by atoms with Crippen molar-refractivity contribution in [1.82, 2.24) is 23.5 Å². The van der Waals surface area contributed by atoms with Gasteiger partial charge in [-0.1, -0.05) is 121 Å². The lowest BCUT2D eigenvalue weighted by molar-refractivity contribution is -0.0435. The van der Waals surface area contributed by atoms with E-state index in [1.54, 1.807) is 113 Å². The normalized spacial score (nSPS) is 26.3. The van der Waals surface area contributed by atoms with Crippen LogP contribution in [0.15, 0.2) is 218 Å². The van der Waals surface area contributed by atoms with Crippen molar-refractivity contribution in [3.63, 3.8) is 0 Å². The standard InChI is InChI=1S/C22H29NO.C21H27NO.C18H28N2O4.C15H21NO4.C14H19NO4.2C8H17NO.C7H6O4/c1-22(24-2)15-13-21(14-16-22)23(17-19-9-5-3-6-10-19)18-20-11-7-4-8-12-20;1-21(23)14-12-20(13-15-21)22(16-18-8-4-2-5-9-18)17-19-10-6-3-7-11-19;1-17(2,3)24-16(22)19-14-7-6-12-20(15(14)21)13-8-10-18(4,23-5)11-9-13;1-15(20-3)8-6-11(7-9-15)16-10-4-5-12(13(16)17)14(18)19-2;1-14(19-2)7-5-10(6-8-14)15-9-3-4-11(12(15)16)13(17)18;2*1-8(10-2)5-3-7(9)4-6-8;1-10-6(8)5-3-2-4-11-7(5)9/h3-12,21H,13-18H2,1-2H3;2-11,20,23H,12-17H2,1H3;6-7,12-13H,8-11H2,1-5H3,(H,19,22);4-5,10-11H,6-9H2,1-3H3;3-4,9-10H,5-8H2,1-2H3,(H,17,18);2*7H,3-6,9H2,1-2H3;2-4H,1H3. The average Bonchev–Trinajstić information content (AvgIpc) is 0.807. The van der Waals surface area contributed by atoms with Gasteiger partial charge in [0.05, 0.1) is 59.7 Å². The van der Waals surface area contributed by atoms with E-state index in [2.05, 4.69) is 192 Å². The number of hydrogen-bond donors (Lipinski definition) is 5. The Bertz CT molecular complexity index is 5180. The van der Waals surface area contributed by atoms with Crippen molar-refractivity contribution >= 4 is 29.7 Å². The minimum atomic E-state index is -1.17. The molecular weight excluding hydrogens is 1790 g/mol. The molecule has 0 unspecified atom stereocenters. The molecule has 7 fully saturated rings. The highest BCUT2D eigenvalue weighted by molar-refractivity contribution is 5.89. The molecule has 7 saturated carbocycles. The van der Waals surface area contributed by atoms with Gasteiger partial charge < -0.3 is 82.4 Å². The average molecular weight is 1950 g/mol. The Morgan fingerprint density at radius 3 is 0.957 bits per heavy atom. The number of carboxylic acid groups (broad SMARTS) is 1. The molecule has 28 nitrogen and oxygen atoms in total. The van der Waals surface area contributed by atoms with Gasteiger partial charge in [0.2, 0.25) is 0 Å². The summed E-state index contributed by atoms with van der Waals surface area (Å²) in [5.74, 6) is -2.43. The summed E-state index contributed by atoms with van der Waals surface area (Å²) in [5.41, 5.74) is 14.5. The number of pyridine rings is 3. The highest BCUT2D eigenvalue weighted by Gasteiger charge is 2.39. The lowest BCUT2D eigenvalue weighted by Gasteiger charge is -2.41. The van der Waals surface area contributed by atoms with Crippen LogP contribution in [0.5, 0.6) is 0 Å². The van der Waals surface area contributed by atoms with Crippen LogP contribution in [0.4, 0.5) is 10.5 Å². The zero-order valence-electron chi connectivity index (χ0n) is 87.3. The van der Waals surface area contributed by atoms with Gasteiger partial charge in [0.1, 0.15) is 28.0 Å². The van der Waals surface area contributed by atoms with Gasteiger partial charge in [-0.3, -0.25) is 29.5 Å². The minimum Gasteiger partial charge on any atom is -0.477 e. The summed E-state index contributed by atoms with van der Waals surface area (Å²) in [6, 6.07) is 57.8. The summed E-state index contributed by atoms with van der Waals surface area (Å²) < 4.78 is 56.5. The molecule has 7 aliphatic carbocycles. The molecule has 0 saturated heterocycles. The first kappa shape index (κ1) is 116. The highest BCUT2D eigenvalue weighted by atomic mass is 16.6. The fourth-order valence-electron chi connectivity index (χ4n) is 19.2. The molecule has 7 N–H and O–H groups in total. The SMILES string of the molecule is CC1(O)CCC(N(Cc2ccccc2)Cc2ccccc2)CC1.COC(=O)c1cccn(C2CCC(C)(OC)CC2)c1=O.COC(=O)c1cccoc1=O.COC1(C)CCC(N(Cc2ccccc2)Cc2ccccc2)CC1.COC1(C)CCC(N)CC1.COC1(C)CCC(N)CC1.COC1(C)CCC(n2cccc(C(=O)O)c2=O)CC1.COC1(C)CCC(n2cccc(NC(=O)OC(C)(C)C)c2=O)CC1. The molecule has 0 atom stereocenters. The molecule has 4 aromatic carbocycles. The maximum absolute atomic E-state index is 12.7. The van der Waals surface area contributed by atoms with Crippen molar-refractivity contribution < 1.29 is 76.4 Å². The summed E-state index contributed by atoms with van der Waals surface area (Å²) in [6.45, 7) is 24.2. The zero-order chi connectivity index (χ0) is 103. The number of carbonyl (C=O) groups excluding carboxylic acids is 3. The Kier molecular flexibility index (Phi) is 45.9. The Labute approximate surface area is 836 Å². The Balaban J connectivity index is 0.000000201. The largest absolute Gasteiger partial charge is 0.477 e. The van der Waals surface area contributed by atoms with E-state index in [0.717, 1.165) is 193 Å². The van der Waals surface area contributed by atoms with Crippen LogP contribution in [-0.4, -0.2) is 184 Å². The van der Waals surface area contributed by atoms with Crippen molar-refractivity contribution in [3.05, 3.63) is 275 Å². The summed E-state index contributed by atoms with van der Waals surface area (Å²) in [4.78, 5) is 98.3. The van der Waals surface area contributed by atoms with Crippen LogP contribution in [0.3, 0.4) is 0 Å². The van der Waals surface area contributed by atoms with Crippen molar-refractivity contribution in [2.45, 2.75) is 362 Å². The number of amides is 1. The summed E-state index contributed by atoms with van der Waals surface area (Å²) in [7, 11) is 13.1. The monoisotopic (exact) mass is 1950 g/mol. The second-order valence-corrected chi connectivity index (χ2v) is 41.6. The number of carboxylic acids is 1. The molecule has 8 aromatic rings. The number of aliphatic hydroxyl groups is 1. The van der Waals surface area contributed by atoms with Gasteiger partial charge in [0.15, 0.2) is 0 Å². The molecule has 0 radical (unpaired) electrons. The molecule has 4 heterocycles. The number of rotatable bonds is 23. The van der Waals surface area contributed by atoms with E-state index in [0.29, 0.717) is 24.2 Å². The molecule has 776 valence electrons. The number of esters is 2. The number of aromatic nitrogens is 3. The molecular formula is C113H164N8O20. The van der Waals surface area contributed by atoms with Crippen LogP contribution in [0.2, 0.25) is 0 Å². The fraction of sp³-hybridized carbons (Fsp3) is 0.575. The van der Waals surface area contributed by atoms with E-state index in [9.17, 15) is 43.5 Å². The summed E-state index contributed by atoms with van der Waals surface area (Å²) in [6.07, 6.45) is 33.9. The first-order chi connectivity index (χ1) is 67.0. The van der Waals surface area contributed by atoms with E-state index >= 15 is 0 Å². The van der Waals surface area contributed by atoms with Crippen LogP contribution in [0.1, 0.15) is 320 Å². The number of methoxy groups -OCH3 is 8. The number of nitrogens with two attached hydrogens (primary N) is 2. The first-order valence-electron chi connectivity index (χ1n) is 50.3. The Morgan fingerprint density at radius 2 is 0.652 bits per heavy atom. The van der Waals surface area contributed by atoms with Crippen molar-refractivity contribution in [2.75, 3.05) is 62.2 Å². The second-order valence-electron chi connectivity index (χ2n) is 41.6. The van der Waals surface area contributed by atoms with Gasteiger partial charge in [-0.15, -0.1) is 0 Å².